The summed E-state index contributed by atoms with van der Waals surface area (Å²) in [6.07, 6.45) is 3.95. The van der Waals surface area contributed by atoms with E-state index >= 15 is 0 Å². The number of aromatic nitrogens is 1. The molecule has 2 heterocycles. The third-order valence-electron chi connectivity index (χ3n) is 5.09. The molecule has 0 spiro atoms. The number of amides is 1. The second-order valence-electron chi connectivity index (χ2n) is 6.99. The van der Waals surface area contributed by atoms with Gasteiger partial charge >= 0.3 is 5.97 Å². The normalized spacial score (nSPS) is 14.3. The first-order valence-corrected chi connectivity index (χ1v) is 9.52. The lowest BCUT2D eigenvalue weighted by Gasteiger charge is -2.28. The zero-order chi connectivity index (χ0) is 21.3. The number of pyridine rings is 1. The Labute approximate surface area is 172 Å². The van der Waals surface area contributed by atoms with Crippen molar-refractivity contribution in [1.29, 1.82) is 0 Å². The van der Waals surface area contributed by atoms with Gasteiger partial charge in [0, 0.05) is 29.4 Å². The van der Waals surface area contributed by atoms with Gasteiger partial charge in [0.25, 0.3) is 5.91 Å². The van der Waals surface area contributed by atoms with Crippen molar-refractivity contribution in [2.45, 2.75) is 26.0 Å². The second-order valence-corrected chi connectivity index (χ2v) is 6.99. The highest BCUT2D eigenvalue weighted by Gasteiger charge is 2.26. The van der Waals surface area contributed by atoms with Crippen LogP contribution in [0.25, 0.3) is 11.1 Å². The van der Waals surface area contributed by atoms with Crippen molar-refractivity contribution >= 4 is 11.9 Å². The van der Waals surface area contributed by atoms with Crippen LogP contribution < -0.4 is 10.1 Å². The number of aromatic carboxylic acids is 1. The monoisotopic (exact) mass is 406 g/mol. The highest BCUT2D eigenvalue weighted by molar-refractivity contribution is 5.95. The number of ether oxygens (including phenoxy) is 1. The van der Waals surface area contributed by atoms with Gasteiger partial charge in [0.05, 0.1) is 11.8 Å². The molecule has 1 aromatic heterocycles. The number of nitrogens with zero attached hydrogens (tertiary/aromatic N) is 1. The van der Waals surface area contributed by atoms with E-state index in [1.54, 1.807) is 18.5 Å². The van der Waals surface area contributed by atoms with Gasteiger partial charge in [-0.15, -0.1) is 0 Å². The van der Waals surface area contributed by atoms with E-state index in [2.05, 4.69) is 10.3 Å². The molecule has 0 saturated carbocycles. The molecule has 152 valence electrons. The Balaban J connectivity index is 1.56. The predicted molar refractivity (Wildman–Crippen MR) is 108 cm³/mol. The number of hydrogen-bond donors (Lipinski definition) is 2. The number of benzene rings is 2. The maximum absolute atomic E-state index is 13.5. The molecule has 1 unspecified atom stereocenters. The first-order valence-electron chi connectivity index (χ1n) is 9.52. The van der Waals surface area contributed by atoms with Crippen molar-refractivity contribution in [3.05, 3.63) is 82.9 Å². The first kappa shape index (κ1) is 19.6. The average molecular weight is 406 g/mol. The van der Waals surface area contributed by atoms with Crippen LogP contribution in [-0.2, 0) is 6.54 Å². The number of carboxylic acid groups (broad SMARTS) is 1. The first-order chi connectivity index (χ1) is 14.5. The number of carbonyl (C=O) groups excluding carboxylic acids is 1. The van der Waals surface area contributed by atoms with Crippen LogP contribution in [0.3, 0.4) is 0 Å². The smallest absolute Gasteiger partial charge is 0.338 e. The Bertz CT molecular complexity index is 1150. The van der Waals surface area contributed by atoms with Gasteiger partial charge in [-0.3, -0.25) is 9.78 Å². The minimum absolute atomic E-state index is 0.0820. The topological polar surface area (TPSA) is 88.5 Å². The molecule has 4 rings (SSSR count). The summed E-state index contributed by atoms with van der Waals surface area (Å²) in [6.45, 7) is 2.09. The summed E-state index contributed by atoms with van der Waals surface area (Å²) in [5.41, 5.74) is 3.41. The average Bonchev–Trinajstić information content (AvgIpc) is 2.77. The Morgan fingerprint density at radius 1 is 1.17 bits per heavy atom. The number of carboxylic acids is 1. The number of nitrogens with one attached hydrogen (secondary N) is 1. The largest absolute Gasteiger partial charge is 0.483 e. The van der Waals surface area contributed by atoms with E-state index in [0.717, 1.165) is 34.9 Å². The molecule has 0 radical (unpaired) electrons. The van der Waals surface area contributed by atoms with Crippen LogP contribution >= 0.6 is 0 Å². The van der Waals surface area contributed by atoms with Crippen LogP contribution in [0.5, 0.6) is 5.75 Å². The fraction of sp³-hybridized carbons (Fsp3) is 0.174. The third kappa shape index (κ3) is 3.61. The van der Waals surface area contributed by atoms with Gasteiger partial charge < -0.3 is 15.2 Å². The Morgan fingerprint density at radius 2 is 2.00 bits per heavy atom. The number of hydrogen-bond acceptors (Lipinski definition) is 4. The van der Waals surface area contributed by atoms with Crippen LogP contribution in [0, 0.1) is 5.82 Å². The molecule has 2 aromatic carbocycles. The van der Waals surface area contributed by atoms with Gasteiger partial charge in [-0.2, -0.15) is 0 Å². The van der Waals surface area contributed by atoms with Gasteiger partial charge in [-0.05, 0) is 47.9 Å². The molecule has 30 heavy (non-hydrogen) atoms. The van der Waals surface area contributed by atoms with Gasteiger partial charge in [-0.25, -0.2) is 9.18 Å². The molecule has 0 aliphatic carbocycles. The standard InChI is InChI=1S/C23H19FN2O4/c1-2-20-17-10-14(4-5-15(17)16-7-8-25-12-21(16)30-20)22(27)26-11-13-3-6-19(24)18(9-13)23(28)29/h3-10,12,20H,2,11H2,1H3,(H,26,27)(H,28,29). The molecule has 7 heteroatoms. The Hall–Kier alpha value is -3.74. The van der Waals surface area contributed by atoms with Crippen molar-refractivity contribution < 1.29 is 23.8 Å². The quantitative estimate of drug-likeness (QED) is 0.657. The minimum atomic E-state index is -1.35. The zero-order valence-corrected chi connectivity index (χ0v) is 16.2. The van der Waals surface area contributed by atoms with Gasteiger partial charge in [-0.1, -0.05) is 19.1 Å². The molecule has 0 saturated heterocycles. The molecule has 1 aliphatic heterocycles. The molecule has 0 bridgehead atoms. The molecule has 1 aliphatic rings. The fourth-order valence-electron chi connectivity index (χ4n) is 3.56. The lowest BCUT2D eigenvalue weighted by molar-refractivity contribution is 0.0691. The summed E-state index contributed by atoms with van der Waals surface area (Å²) in [7, 11) is 0. The maximum atomic E-state index is 13.5. The van der Waals surface area contributed by atoms with E-state index in [1.807, 2.05) is 25.1 Å². The summed E-state index contributed by atoms with van der Waals surface area (Å²) in [4.78, 5) is 27.9. The van der Waals surface area contributed by atoms with Gasteiger partial charge in [0.2, 0.25) is 0 Å². The summed E-state index contributed by atoms with van der Waals surface area (Å²) >= 11 is 0. The van der Waals surface area contributed by atoms with Crippen LogP contribution in [0.1, 0.15) is 51.3 Å². The number of rotatable bonds is 5. The van der Waals surface area contributed by atoms with E-state index in [0.29, 0.717) is 11.1 Å². The van der Waals surface area contributed by atoms with Crippen molar-refractivity contribution in [2.75, 3.05) is 0 Å². The van der Waals surface area contributed by atoms with Crippen molar-refractivity contribution in [1.82, 2.24) is 10.3 Å². The highest BCUT2D eigenvalue weighted by Crippen LogP contribution is 2.43. The Morgan fingerprint density at radius 3 is 2.77 bits per heavy atom. The fourth-order valence-corrected chi connectivity index (χ4v) is 3.56. The van der Waals surface area contributed by atoms with E-state index in [-0.39, 0.29) is 18.6 Å². The summed E-state index contributed by atoms with van der Waals surface area (Å²) in [6, 6.07) is 11.1. The minimum Gasteiger partial charge on any atom is -0.483 e. The summed E-state index contributed by atoms with van der Waals surface area (Å²) in [5.74, 6) is -1.75. The second kappa shape index (κ2) is 7.94. The molecule has 1 amide bonds. The van der Waals surface area contributed by atoms with Crippen LogP contribution in [0.4, 0.5) is 4.39 Å². The third-order valence-corrected chi connectivity index (χ3v) is 5.09. The van der Waals surface area contributed by atoms with E-state index in [9.17, 15) is 14.0 Å². The molecule has 2 N–H and O–H groups in total. The van der Waals surface area contributed by atoms with E-state index in [1.165, 1.54) is 12.1 Å². The lowest BCUT2D eigenvalue weighted by Crippen LogP contribution is -2.24. The van der Waals surface area contributed by atoms with E-state index < -0.39 is 17.3 Å². The lowest BCUT2D eigenvalue weighted by atomic mass is 9.91. The highest BCUT2D eigenvalue weighted by atomic mass is 19.1. The molecule has 6 nitrogen and oxygen atoms in total. The number of fused-ring (bicyclic) bond motifs is 3. The van der Waals surface area contributed by atoms with Crippen LogP contribution in [-0.4, -0.2) is 22.0 Å². The predicted octanol–water partition coefficient (Wildman–Crippen LogP) is 4.36. The SMILES string of the molecule is CCC1Oc2cnccc2-c2ccc(C(=O)NCc3ccc(F)c(C(=O)O)c3)cc21. The van der Waals surface area contributed by atoms with E-state index in [4.69, 9.17) is 9.84 Å². The molecule has 0 fully saturated rings. The molecular weight excluding hydrogens is 387 g/mol. The molecule has 1 atom stereocenters. The summed E-state index contributed by atoms with van der Waals surface area (Å²) in [5, 5.41) is 11.8. The van der Waals surface area contributed by atoms with Gasteiger partial charge in [0.1, 0.15) is 17.7 Å². The zero-order valence-electron chi connectivity index (χ0n) is 16.2. The molecular formula is C23H19FN2O4. The number of carbonyl (C=O) groups is 2. The molecule has 3 aromatic rings. The van der Waals surface area contributed by atoms with Crippen molar-refractivity contribution in [3.8, 4) is 16.9 Å². The summed E-state index contributed by atoms with van der Waals surface area (Å²) < 4.78 is 19.6. The number of halogens is 1. The maximum Gasteiger partial charge on any atom is 0.338 e. The van der Waals surface area contributed by atoms with Crippen LogP contribution in [0.15, 0.2) is 54.9 Å². The van der Waals surface area contributed by atoms with Crippen molar-refractivity contribution in [3.63, 3.8) is 0 Å². The van der Waals surface area contributed by atoms with Gasteiger partial charge in [0.15, 0.2) is 0 Å². The Kier molecular flexibility index (Phi) is 5.18. The van der Waals surface area contributed by atoms with Crippen LogP contribution in [0.2, 0.25) is 0 Å². The van der Waals surface area contributed by atoms with Crippen molar-refractivity contribution in [2.24, 2.45) is 0 Å².